The SMILES string of the molecule is COCCNC(=O)c1coc(COc2ccc3ncccc3c2)n1. The van der Waals surface area contributed by atoms with Crippen molar-refractivity contribution < 1.29 is 18.7 Å². The van der Waals surface area contributed by atoms with Crippen molar-refractivity contribution in [2.75, 3.05) is 20.3 Å². The molecule has 0 saturated carbocycles. The molecule has 3 rings (SSSR count). The molecule has 2 aromatic heterocycles. The Labute approximate surface area is 138 Å². The maximum atomic E-state index is 11.8. The lowest BCUT2D eigenvalue weighted by Crippen LogP contribution is -2.27. The van der Waals surface area contributed by atoms with Crippen LogP contribution in [0.4, 0.5) is 0 Å². The number of benzene rings is 1. The van der Waals surface area contributed by atoms with E-state index in [9.17, 15) is 4.79 Å². The zero-order valence-corrected chi connectivity index (χ0v) is 13.2. The molecule has 0 bridgehead atoms. The van der Waals surface area contributed by atoms with Gasteiger partial charge in [-0.2, -0.15) is 0 Å². The van der Waals surface area contributed by atoms with Crippen molar-refractivity contribution in [3.05, 3.63) is 54.4 Å². The van der Waals surface area contributed by atoms with Gasteiger partial charge in [-0.05, 0) is 24.3 Å². The van der Waals surface area contributed by atoms with Crippen LogP contribution in [0.5, 0.6) is 5.75 Å². The fourth-order valence-corrected chi connectivity index (χ4v) is 2.13. The maximum absolute atomic E-state index is 11.8. The summed E-state index contributed by atoms with van der Waals surface area (Å²) >= 11 is 0. The normalized spacial score (nSPS) is 10.7. The molecule has 1 N–H and O–H groups in total. The van der Waals surface area contributed by atoms with Crippen molar-refractivity contribution in [2.24, 2.45) is 0 Å². The average Bonchev–Trinajstić information content (AvgIpc) is 3.09. The van der Waals surface area contributed by atoms with Crippen LogP contribution in [-0.2, 0) is 11.3 Å². The molecule has 7 heteroatoms. The predicted molar refractivity (Wildman–Crippen MR) is 86.8 cm³/mol. The summed E-state index contributed by atoms with van der Waals surface area (Å²) in [7, 11) is 1.57. The Hall–Kier alpha value is -2.93. The Morgan fingerprint density at radius 3 is 3.12 bits per heavy atom. The molecule has 0 spiro atoms. The molecule has 0 aliphatic carbocycles. The van der Waals surface area contributed by atoms with Crippen molar-refractivity contribution in [2.45, 2.75) is 6.61 Å². The minimum atomic E-state index is -0.307. The van der Waals surface area contributed by atoms with Crippen molar-refractivity contribution in [1.29, 1.82) is 0 Å². The third-order valence-electron chi connectivity index (χ3n) is 3.31. The Morgan fingerprint density at radius 1 is 1.33 bits per heavy atom. The molecule has 0 fully saturated rings. The summed E-state index contributed by atoms with van der Waals surface area (Å²) in [4.78, 5) is 20.2. The van der Waals surface area contributed by atoms with Crippen LogP contribution in [0.2, 0.25) is 0 Å². The molecule has 24 heavy (non-hydrogen) atoms. The molecule has 0 unspecified atom stereocenters. The molecule has 0 radical (unpaired) electrons. The number of ether oxygens (including phenoxy) is 2. The van der Waals surface area contributed by atoms with E-state index < -0.39 is 0 Å². The summed E-state index contributed by atoms with van der Waals surface area (Å²) < 4.78 is 15.8. The first-order valence-corrected chi connectivity index (χ1v) is 7.45. The minimum Gasteiger partial charge on any atom is -0.484 e. The number of nitrogens with one attached hydrogen (secondary N) is 1. The second kappa shape index (κ2) is 7.56. The fraction of sp³-hybridized carbons (Fsp3) is 0.235. The number of methoxy groups -OCH3 is 1. The Morgan fingerprint density at radius 2 is 2.25 bits per heavy atom. The number of nitrogens with zero attached hydrogens (tertiary/aromatic N) is 2. The zero-order chi connectivity index (χ0) is 16.8. The van der Waals surface area contributed by atoms with E-state index in [1.54, 1.807) is 13.3 Å². The van der Waals surface area contributed by atoms with E-state index >= 15 is 0 Å². The highest BCUT2D eigenvalue weighted by atomic mass is 16.5. The lowest BCUT2D eigenvalue weighted by Gasteiger charge is -2.04. The summed E-state index contributed by atoms with van der Waals surface area (Å²) in [6, 6.07) is 9.44. The van der Waals surface area contributed by atoms with Crippen LogP contribution >= 0.6 is 0 Å². The number of rotatable bonds is 7. The Kier molecular flexibility index (Phi) is 5.02. The molecule has 0 aliphatic heterocycles. The van der Waals surface area contributed by atoms with Crippen LogP contribution in [0.3, 0.4) is 0 Å². The largest absolute Gasteiger partial charge is 0.484 e. The van der Waals surface area contributed by atoms with Crippen molar-refractivity contribution in [3.8, 4) is 5.75 Å². The standard InChI is InChI=1S/C17H17N3O4/c1-22-8-7-19-17(21)15-10-24-16(20-15)11-23-13-4-5-14-12(9-13)3-2-6-18-14/h2-6,9-10H,7-8,11H2,1H3,(H,19,21). The third kappa shape index (κ3) is 3.88. The number of hydrogen-bond donors (Lipinski definition) is 1. The minimum absolute atomic E-state index is 0.136. The quantitative estimate of drug-likeness (QED) is 0.669. The van der Waals surface area contributed by atoms with Gasteiger partial charge in [0.1, 0.15) is 12.0 Å². The highest BCUT2D eigenvalue weighted by molar-refractivity contribution is 5.91. The number of hydrogen-bond acceptors (Lipinski definition) is 6. The average molecular weight is 327 g/mol. The number of carbonyl (C=O) groups excluding carboxylic acids is 1. The molecule has 0 aliphatic rings. The van der Waals surface area contributed by atoms with Crippen molar-refractivity contribution >= 4 is 16.8 Å². The van der Waals surface area contributed by atoms with Gasteiger partial charge < -0.3 is 19.2 Å². The first-order valence-electron chi connectivity index (χ1n) is 7.45. The van der Waals surface area contributed by atoms with Gasteiger partial charge in [-0.3, -0.25) is 9.78 Å². The molecule has 0 atom stereocenters. The molecular formula is C17H17N3O4. The van der Waals surface area contributed by atoms with E-state index in [1.165, 1.54) is 6.26 Å². The maximum Gasteiger partial charge on any atom is 0.273 e. The second-order valence-corrected chi connectivity index (χ2v) is 5.02. The Balaban J connectivity index is 1.59. The van der Waals surface area contributed by atoms with E-state index in [2.05, 4.69) is 15.3 Å². The van der Waals surface area contributed by atoms with Gasteiger partial charge in [-0.25, -0.2) is 4.98 Å². The van der Waals surface area contributed by atoms with Crippen LogP contribution in [0.25, 0.3) is 10.9 Å². The number of amides is 1. The third-order valence-corrected chi connectivity index (χ3v) is 3.31. The highest BCUT2D eigenvalue weighted by Gasteiger charge is 2.12. The number of pyridine rings is 1. The van der Waals surface area contributed by atoms with Gasteiger partial charge in [-0.15, -0.1) is 0 Å². The van der Waals surface area contributed by atoms with Gasteiger partial charge in [0.25, 0.3) is 5.91 Å². The number of fused-ring (bicyclic) bond motifs is 1. The van der Waals surface area contributed by atoms with E-state index in [-0.39, 0.29) is 18.2 Å². The van der Waals surface area contributed by atoms with Crippen molar-refractivity contribution in [3.63, 3.8) is 0 Å². The fourth-order valence-electron chi connectivity index (χ4n) is 2.13. The lowest BCUT2D eigenvalue weighted by atomic mass is 10.2. The second-order valence-electron chi connectivity index (χ2n) is 5.02. The predicted octanol–water partition coefficient (Wildman–Crippen LogP) is 2.18. The number of oxazole rings is 1. The molecule has 124 valence electrons. The topological polar surface area (TPSA) is 86.5 Å². The molecule has 1 amide bonds. The smallest absolute Gasteiger partial charge is 0.273 e. The molecular weight excluding hydrogens is 310 g/mol. The number of carbonyl (C=O) groups is 1. The van der Waals surface area contributed by atoms with E-state index in [4.69, 9.17) is 13.9 Å². The van der Waals surface area contributed by atoms with Crippen LogP contribution in [0.15, 0.2) is 47.2 Å². The van der Waals surface area contributed by atoms with Crippen LogP contribution in [-0.4, -0.2) is 36.1 Å². The van der Waals surface area contributed by atoms with Gasteiger partial charge in [0, 0.05) is 25.2 Å². The first-order chi connectivity index (χ1) is 11.8. The number of aromatic nitrogens is 2. The van der Waals surface area contributed by atoms with Crippen molar-refractivity contribution in [1.82, 2.24) is 15.3 Å². The van der Waals surface area contributed by atoms with E-state index in [0.29, 0.717) is 24.8 Å². The summed E-state index contributed by atoms with van der Waals surface area (Å²) in [6.45, 7) is 0.993. The molecule has 2 heterocycles. The summed E-state index contributed by atoms with van der Waals surface area (Å²) in [6.07, 6.45) is 3.06. The molecule has 3 aromatic rings. The van der Waals surface area contributed by atoms with Crippen LogP contribution in [0.1, 0.15) is 16.4 Å². The molecule has 0 saturated heterocycles. The van der Waals surface area contributed by atoms with Gasteiger partial charge in [0.05, 0.1) is 12.1 Å². The highest BCUT2D eigenvalue weighted by Crippen LogP contribution is 2.19. The molecule has 7 nitrogen and oxygen atoms in total. The van der Waals surface area contributed by atoms with Crippen LogP contribution in [0, 0.1) is 0 Å². The molecule has 1 aromatic carbocycles. The summed E-state index contributed by atoms with van der Waals surface area (Å²) in [5.41, 5.74) is 1.11. The first kappa shape index (κ1) is 15.9. The van der Waals surface area contributed by atoms with E-state index in [1.807, 2.05) is 30.3 Å². The Bertz CT molecular complexity index is 831. The summed E-state index contributed by atoms with van der Waals surface area (Å²) in [5, 5.41) is 3.66. The van der Waals surface area contributed by atoms with Crippen LogP contribution < -0.4 is 10.1 Å². The zero-order valence-electron chi connectivity index (χ0n) is 13.2. The van der Waals surface area contributed by atoms with Gasteiger partial charge >= 0.3 is 0 Å². The monoisotopic (exact) mass is 327 g/mol. The van der Waals surface area contributed by atoms with Gasteiger partial charge in [0.2, 0.25) is 5.89 Å². The lowest BCUT2D eigenvalue weighted by molar-refractivity contribution is 0.0932. The van der Waals surface area contributed by atoms with Gasteiger partial charge in [0.15, 0.2) is 12.3 Å². The summed E-state index contributed by atoms with van der Waals surface area (Å²) in [5.74, 6) is 0.705. The van der Waals surface area contributed by atoms with Gasteiger partial charge in [-0.1, -0.05) is 6.07 Å². The van der Waals surface area contributed by atoms with E-state index in [0.717, 1.165) is 10.9 Å².